The second kappa shape index (κ2) is 4.79. The lowest BCUT2D eigenvalue weighted by atomic mass is 9.63. The zero-order chi connectivity index (χ0) is 11.5. The third kappa shape index (κ3) is 1.93. The first-order chi connectivity index (χ1) is 7.09. The molecule has 1 fully saturated rings. The molecule has 0 aromatic rings. The zero-order valence-corrected chi connectivity index (χ0v) is 9.53. The fourth-order valence-corrected chi connectivity index (χ4v) is 2.65. The normalized spacial score (nSPS) is 35.9. The highest BCUT2D eigenvalue weighted by Crippen LogP contribution is 2.45. The van der Waals surface area contributed by atoms with Gasteiger partial charge < -0.3 is 9.84 Å². The predicted molar refractivity (Wildman–Crippen MR) is 58.3 cm³/mol. The quantitative estimate of drug-likeness (QED) is 0.574. The molecule has 86 valence electrons. The van der Waals surface area contributed by atoms with Crippen LogP contribution in [0.15, 0.2) is 12.7 Å². The molecule has 0 aliphatic heterocycles. The minimum absolute atomic E-state index is 0.145. The lowest BCUT2D eigenvalue weighted by Crippen LogP contribution is -2.50. The van der Waals surface area contributed by atoms with Crippen LogP contribution in [-0.2, 0) is 9.53 Å². The summed E-state index contributed by atoms with van der Waals surface area (Å²) in [6, 6.07) is 0. The van der Waals surface area contributed by atoms with Gasteiger partial charge in [-0.1, -0.05) is 19.4 Å². The van der Waals surface area contributed by atoms with E-state index >= 15 is 0 Å². The number of rotatable bonds is 3. The van der Waals surface area contributed by atoms with E-state index < -0.39 is 11.5 Å². The molecule has 15 heavy (non-hydrogen) atoms. The molecule has 0 aromatic carbocycles. The van der Waals surface area contributed by atoms with Gasteiger partial charge in [0.05, 0.1) is 18.6 Å². The van der Waals surface area contributed by atoms with E-state index in [1.54, 1.807) is 6.08 Å². The molecular formula is C12H20O3. The molecule has 1 N–H and O–H groups in total. The van der Waals surface area contributed by atoms with Crippen molar-refractivity contribution >= 4 is 5.97 Å². The summed E-state index contributed by atoms with van der Waals surface area (Å²) >= 11 is 0. The van der Waals surface area contributed by atoms with E-state index in [2.05, 4.69) is 6.58 Å². The van der Waals surface area contributed by atoms with Gasteiger partial charge in [0.1, 0.15) is 0 Å². The lowest BCUT2D eigenvalue weighted by Gasteiger charge is -2.43. The Morgan fingerprint density at radius 2 is 2.33 bits per heavy atom. The van der Waals surface area contributed by atoms with Crippen molar-refractivity contribution in [3.8, 4) is 0 Å². The van der Waals surface area contributed by atoms with Crippen LogP contribution < -0.4 is 0 Å². The molecule has 0 amide bonds. The SMILES string of the molecule is C=CCC1(C(=O)OC)C(C)CCCC1O. The van der Waals surface area contributed by atoms with Crippen molar-refractivity contribution in [1.29, 1.82) is 0 Å². The second-order valence-electron chi connectivity index (χ2n) is 4.37. The molecule has 0 bridgehead atoms. The van der Waals surface area contributed by atoms with Gasteiger partial charge in [-0.3, -0.25) is 4.79 Å². The highest BCUT2D eigenvalue weighted by molar-refractivity contribution is 5.78. The van der Waals surface area contributed by atoms with Crippen molar-refractivity contribution in [1.82, 2.24) is 0 Å². The van der Waals surface area contributed by atoms with Gasteiger partial charge >= 0.3 is 5.97 Å². The van der Waals surface area contributed by atoms with Crippen molar-refractivity contribution in [3.63, 3.8) is 0 Å². The Hall–Kier alpha value is -0.830. The molecule has 3 nitrogen and oxygen atoms in total. The molecule has 1 saturated carbocycles. The Kier molecular flexibility index (Phi) is 3.91. The maximum absolute atomic E-state index is 11.9. The average molecular weight is 212 g/mol. The molecule has 0 saturated heterocycles. The maximum Gasteiger partial charge on any atom is 0.315 e. The number of aliphatic hydroxyl groups is 1. The topological polar surface area (TPSA) is 46.5 Å². The highest BCUT2D eigenvalue weighted by atomic mass is 16.5. The number of methoxy groups -OCH3 is 1. The Labute approximate surface area is 91.1 Å². The number of aliphatic hydroxyl groups excluding tert-OH is 1. The molecule has 1 aliphatic rings. The molecule has 3 heteroatoms. The molecular weight excluding hydrogens is 192 g/mol. The average Bonchev–Trinajstić information content (AvgIpc) is 2.23. The third-order valence-electron chi connectivity index (χ3n) is 3.64. The number of hydrogen-bond acceptors (Lipinski definition) is 3. The Morgan fingerprint density at radius 3 is 2.80 bits per heavy atom. The lowest BCUT2D eigenvalue weighted by molar-refractivity contribution is -0.169. The van der Waals surface area contributed by atoms with Gasteiger partial charge in [-0.2, -0.15) is 0 Å². The number of allylic oxidation sites excluding steroid dienone is 1. The van der Waals surface area contributed by atoms with Gasteiger partial charge in [-0.25, -0.2) is 0 Å². The van der Waals surface area contributed by atoms with Crippen LogP contribution in [0.1, 0.15) is 32.6 Å². The summed E-state index contributed by atoms with van der Waals surface area (Å²) in [6.07, 6.45) is 4.18. The maximum atomic E-state index is 11.9. The molecule has 0 heterocycles. The number of ether oxygens (including phenoxy) is 1. The Morgan fingerprint density at radius 1 is 1.67 bits per heavy atom. The summed E-state index contributed by atoms with van der Waals surface area (Å²) < 4.78 is 4.84. The van der Waals surface area contributed by atoms with E-state index in [0.29, 0.717) is 12.8 Å². The first-order valence-corrected chi connectivity index (χ1v) is 5.47. The van der Waals surface area contributed by atoms with Crippen LogP contribution in [-0.4, -0.2) is 24.3 Å². The molecule has 1 aliphatic carbocycles. The number of carbonyl (C=O) groups is 1. The summed E-state index contributed by atoms with van der Waals surface area (Å²) in [5, 5.41) is 10.1. The number of hydrogen-bond donors (Lipinski definition) is 1. The van der Waals surface area contributed by atoms with E-state index in [9.17, 15) is 9.90 Å². The van der Waals surface area contributed by atoms with Gasteiger partial charge in [-0.05, 0) is 25.2 Å². The smallest absolute Gasteiger partial charge is 0.315 e. The van der Waals surface area contributed by atoms with Gasteiger partial charge in [-0.15, -0.1) is 6.58 Å². The van der Waals surface area contributed by atoms with Gasteiger partial charge in [0, 0.05) is 0 Å². The predicted octanol–water partition coefficient (Wildman–Crippen LogP) is 1.90. The number of esters is 1. The molecule has 0 spiro atoms. The summed E-state index contributed by atoms with van der Waals surface area (Å²) in [5.41, 5.74) is -0.769. The summed E-state index contributed by atoms with van der Waals surface area (Å²) in [7, 11) is 1.38. The van der Waals surface area contributed by atoms with Crippen molar-refractivity contribution in [2.45, 2.75) is 38.7 Å². The van der Waals surface area contributed by atoms with E-state index in [0.717, 1.165) is 12.8 Å². The van der Waals surface area contributed by atoms with Crippen LogP contribution in [0.5, 0.6) is 0 Å². The van der Waals surface area contributed by atoms with Crippen molar-refractivity contribution < 1.29 is 14.6 Å². The first-order valence-electron chi connectivity index (χ1n) is 5.47. The largest absolute Gasteiger partial charge is 0.468 e. The minimum atomic E-state index is -0.769. The standard InChI is InChI=1S/C12H20O3/c1-4-8-12(11(14)15-3)9(2)6-5-7-10(12)13/h4,9-10,13H,1,5-8H2,2-3H3. The molecule has 0 aromatic heterocycles. The zero-order valence-electron chi connectivity index (χ0n) is 9.53. The Balaban J connectivity index is 3.03. The second-order valence-corrected chi connectivity index (χ2v) is 4.37. The van der Waals surface area contributed by atoms with Crippen LogP contribution in [0, 0.1) is 11.3 Å². The summed E-state index contributed by atoms with van der Waals surface area (Å²) in [6.45, 7) is 5.67. The van der Waals surface area contributed by atoms with E-state index in [-0.39, 0.29) is 11.9 Å². The fraction of sp³-hybridized carbons (Fsp3) is 0.750. The van der Waals surface area contributed by atoms with E-state index in [1.165, 1.54) is 7.11 Å². The van der Waals surface area contributed by atoms with Crippen molar-refractivity contribution in [3.05, 3.63) is 12.7 Å². The monoisotopic (exact) mass is 212 g/mol. The van der Waals surface area contributed by atoms with Gasteiger partial charge in [0.25, 0.3) is 0 Å². The van der Waals surface area contributed by atoms with Crippen LogP contribution in [0.4, 0.5) is 0 Å². The van der Waals surface area contributed by atoms with Crippen molar-refractivity contribution in [2.24, 2.45) is 11.3 Å². The van der Waals surface area contributed by atoms with Crippen LogP contribution in [0.2, 0.25) is 0 Å². The molecule has 3 atom stereocenters. The van der Waals surface area contributed by atoms with Crippen LogP contribution in [0.3, 0.4) is 0 Å². The first kappa shape index (κ1) is 12.2. The molecule has 3 unspecified atom stereocenters. The Bertz CT molecular complexity index is 237. The van der Waals surface area contributed by atoms with Gasteiger partial charge in [0.2, 0.25) is 0 Å². The van der Waals surface area contributed by atoms with Crippen molar-refractivity contribution in [2.75, 3.05) is 7.11 Å². The van der Waals surface area contributed by atoms with E-state index in [1.807, 2.05) is 6.92 Å². The highest BCUT2D eigenvalue weighted by Gasteiger charge is 2.51. The van der Waals surface area contributed by atoms with Gasteiger partial charge in [0.15, 0.2) is 0 Å². The summed E-state index contributed by atoms with van der Waals surface area (Å²) in [4.78, 5) is 11.9. The van der Waals surface area contributed by atoms with Crippen LogP contribution in [0.25, 0.3) is 0 Å². The number of carbonyl (C=O) groups excluding carboxylic acids is 1. The van der Waals surface area contributed by atoms with Crippen LogP contribution >= 0.6 is 0 Å². The fourth-order valence-electron chi connectivity index (χ4n) is 2.65. The minimum Gasteiger partial charge on any atom is -0.468 e. The summed E-state index contributed by atoms with van der Waals surface area (Å²) in [5.74, 6) is -0.159. The molecule has 0 radical (unpaired) electrons. The molecule has 1 rings (SSSR count). The van der Waals surface area contributed by atoms with E-state index in [4.69, 9.17) is 4.74 Å². The third-order valence-corrected chi connectivity index (χ3v) is 3.64.